The smallest absolute Gasteiger partial charge is 0.222 e. The summed E-state index contributed by atoms with van der Waals surface area (Å²) in [6, 6.07) is 0. The Morgan fingerprint density at radius 1 is 1.25 bits per heavy atom. The van der Waals surface area contributed by atoms with Gasteiger partial charge in [0.1, 0.15) is 0 Å². The number of nitrogens with zero attached hydrogens (tertiary/aromatic N) is 2. The summed E-state index contributed by atoms with van der Waals surface area (Å²) in [6.45, 7) is 10.5. The van der Waals surface area contributed by atoms with Crippen LogP contribution in [0.5, 0.6) is 0 Å². The largest absolute Gasteiger partial charge is 0.425 e. The molecule has 0 amide bonds. The molecule has 0 aromatic carbocycles. The van der Waals surface area contributed by atoms with Crippen molar-refractivity contribution in [1.82, 2.24) is 15.5 Å². The summed E-state index contributed by atoms with van der Waals surface area (Å²) in [5, 5.41) is 11.5. The van der Waals surface area contributed by atoms with E-state index in [0.29, 0.717) is 0 Å². The lowest BCUT2D eigenvalue weighted by Gasteiger charge is -2.16. The molecule has 0 spiro atoms. The molecule has 0 saturated heterocycles. The Kier molecular flexibility index (Phi) is 4.93. The maximum absolute atomic E-state index is 5.67. The predicted molar refractivity (Wildman–Crippen MR) is 64.5 cm³/mol. The second-order valence-corrected chi connectivity index (χ2v) is 4.70. The number of aryl methyl sites for hydroxylation is 1. The van der Waals surface area contributed by atoms with Crippen LogP contribution in [-0.4, -0.2) is 23.3 Å². The summed E-state index contributed by atoms with van der Waals surface area (Å²) in [4.78, 5) is 0. The third-order valence-electron chi connectivity index (χ3n) is 2.92. The molecule has 4 heteroatoms. The van der Waals surface area contributed by atoms with Gasteiger partial charge < -0.3 is 9.73 Å². The molecule has 1 heterocycles. The van der Waals surface area contributed by atoms with Crippen LogP contribution in [0.2, 0.25) is 0 Å². The van der Waals surface area contributed by atoms with E-state index >= 15 is 0 Å². The van der Waals surface area contributed by atoms with E-state index in [0.717, 1.165) is 44.1 Å². The zero-order chi connectivity index (χ0) is 12.0. The summed E-state index contributed by atoms with van der Waals surface area (Å²) in [5.74, 6) is 1.52. The number of hydrogen-bond acceptors (Lipinski definition) is 4. The van der Waals surface area contributed by atoms with Crippen molar-refractivity contribution < 1.29 is 4.42 Å². The molecular formula is C12H23N3O. The molecule has 4 nitrogen and oxygen atoms in total. The van der Waals surface area contributed by atoms with Crippen molar-refractivity contribution in [3.8, 4) is 0 Å². The molecule has 1 aromatic heterocycles. The Hall–Kier alpha value is -0.900. The van der Waals surface area contributed by atoms with E-state index in [1.807, 2.05) is 0 Å². The van der Waals surface area contributed by atoms with Crippen molar-refractivity contribution in [2.45, 2.75) is 52.4 Å². The van der Waals surface area contributed by atoms with Gasteiger partial charge in [0.25, 0.3) is 0 Å². The van der Waals surface area contributed by atoms with Crippen LogP contribution >= 0.6 is 0 Å². The van der Waals surface area contributed by atoms with E-state index in [-0.39, 0.29) is 5.41 Å². The van der Waals surface area contributed by atoms with Gasteiger partial charge in [0.2, 0.25) is 11.8 Å². The molecule has 0 aliphatic carbocycles. The number of nitrogens with one attached hydrogen (secondary N) is 1. The van der Waals surface area contributed by atoms with Gasteiger partial charge in [0.15, 0.2) is 0 Å². The molecule has 1 aromatic rings. The quantitative estimate of drug-likeness (QED) is 0.723. The lowest BCUT2D eigenvalue weighted by Crippen LogP contribution is -2.15. The average Bonchev–Trinajstić information content (AvgIpc) is 2.74. The van der Waals surface area contributed by atoms with Gasteiger partial charge in [-0.3, -0.25) is 0 Å². The number of aromatic nitrogens is 2. The van der Waals surface area contributed by atoms with Crippen LogP contribution < -0.4 is 5.32 Å². The van der Waals surface area contributed by atoms with Gasteiger partial charge >= 0.3 is 0 Å². The SMILES string of the molecule is CCNCCCc1nnc(C(C)(C)CC)o1. The van der Waals surface area contributed by atoms with E-state index < -0.39 is 0 Å². The molecular weight excluding hydrogens is 202 g/mol. The molecule has 92 valence electrons. The minimum atomic E-state index is -0.00703. The molecule has 0 bridgehead atoms. The van der Waals surface area contributed by atoms with Crippen LogP contribution in [-0.2, 0) is 11.8 Å². The van der Waals surface area contributed by atoms with Crippen LogP contribution in [0.1, 0.15) is 52.3 Å². The first-order valence-corrected chi connectivity index (χ1v) is 6.13. The fourth-order valence-corrected chi connectivity index (χ4v) is 1.32. The summed E-state index contributed by atoms with van der Waals surface area (Å²) in [5.41, 5.74) is -0.00703. The van der Waals surface area contributed by atoms with Crippen molar-refractivity contribution in [1.29, 1.82) is 0 Å². The highest BCUT2D eigenvalue weighted by atomic mass is 16.4. The highest BCUT2D eigenvalue weighted by molar-refractivity contribution is 4.98. The summed E-state index contributed by atoms with van der Waals surface area (Å²) in [6.07, 6.45) is 2.91. The summed E-state index contributed by atoms with van der Waals surface area (Å²) in [7, 11) is 0. The van der Waals surface area contributed by atoms with Crippen molar-refractivity contribution in [2.75, 3.05) is 13.1 Å². The van der Waals surface area contributed by atoms with Gasteiger partial charge in [-0.2, -0.15) is 0 Å². The van der Waals surface area contributed by atoms with Gasteiger partial charge in [0.05, 0.1) is 0 Å². The highest BCUT2D eigenvalue weighted by Crippen LogP contribution is 2.25. The van der Waals surface area contributed by atoms with Crippen LogP contribution in [0.25, 0.3) is 0 Å². The molecule has 1 N–H and O–H groups in total. The van der Waals surface area contributed by atoms with E-state index in [4.69, 9.17) is 4.42 Å². The molecule has 16 heavy (non-hydrogen) atoms. The van der Waals surface area contributed by atoms with Crippen molar-refractivity contribution >= 4 is 0 Å². The third-order valence-corrected chi connectivity index (χ3v) is 2.92. The first kappa shape index (κ1) is 13.2. The van der Waals surface area contributed by atoms with Crippen LogP contribution in [0, 0.1) is 0 Å². The molecule has 0 atom stereocenters. The minimum Gasteiger partial charge on any atom is -0.425 e. The maximum atomic E-state index is 5.67. The fraction of sp³-hybridized carbons (Fsp3) is 0.833. The van der Waals surface area contributed by atoms with Crippen molar-refractivity contribution in [3.63, 3.8) is 0 Å². The topological polar surface area (TPSA) is 51.0 Å². The van der Waals surface area contributed by atoms with Gasteiger partial charge in [-0.25, -0.2) is 0 Å². The zero-order valence-electron chi connectivity index (χ0n) is 10.8. The monoisotopic (exact) mass is 225 g/mol. The normalized spacial score (nSPS) is 12.0. The Labute approximate surface area is 97.8 Å². The van der Waals surface area contributed by atoms with Gasteiger partial charge in [0, 0.05) is 11.8 Å². The molecule has 0 radical (unpaired) electrons. The van der Waals surface area contributed by atoms with Crippen LogP contribution in [0.3, 0.4) is 0 Å². The van der Waals surface area contributed by atoms with E-state index in [2.05, 4.69) is 43.2 Å². The predicted octanol–water partition coefficient (Wildman–Crippen LogP) is 2.30. The Balaban J connectivity index is 2.45. The molecule has 0 saturated carbocycles. The number of hydrogen-bond donors (Lipinski definition) is 1. The summed E-state index contributed by atoms with van der Waals surface area (Å²) >= 11 is 0. The van der Waals surface area contributed by atoms with Gasteiger partial charge in [-0.1, -0.05) is 27.7 Å². The zero-order valence-corrected chi connectivity index (χ0v) is 10.8. The second kappa shape index (κ2) is 5.99. The van der Waals surface area contributed by atoms with E-state index in [1.54, 1.807) is 0 Å². The first-order chi connectivity index (χ1) is 7.60. The Bertz CT molecular complexity index is 307. The molecule has 0 aliphatic heterocycles. The molecule has 1 rings (SSSR count). The molecule has 0 aliphatic rings. The second-order valence-electron chi connectivity index (χ2n) is 4.70. The minimum absolute atomic E-state index is 0.00703. The summed E-state index contributed by atoms with van der Waals surface area (Å²) < 4.78 is 5.67. The van der Waals surface area contributed by atoms with Gasteiger partial charge in [-0.15, -0.1) is 10.2 Å². The van der Waals surface area contributed by atoms with E-state index in [9.17, 15) is 0 Å². The van der Waals surface area contributed by atoms with Gasteiger partial charge in [-0.05, 0) is 25.9 Å². The first-order valence-electron chi connectivity index (χ1n) is 6.13. The van der Waals surface area contributed by atoms with Crippen LogP contribution in [0.15, 0.2) is 4.42 Å². The lowest BCUT2D eigenvalue weighted by molar-refractivity contribution is 0.342. The Morgan fingerprint density at radius 3 is 2.62 bits per heavy atom. The third kappa shape index (κ3) is 3.59. The standard InChI is InChI=1S/C12H23N3O/c1-5-12(3,4)11-15-14-10(16-11)8-7-9-13-6-2/h13H,5-9H2,1-4H3. The molecule has 0 fully saturated rings. The maximum Gasteiger partial charge on any atom is 0.222 e. The number of rotatable bonds is 7. The van der Waals surface area contributed by atoms with Crippen LogP contribution in [0.4, 0.5) is 0 Å². The average molecular weight is 225 g/mol. The fourth-order valence-electron chi connectivity index (χ4n) is 1.32. The van der Waals surface area contributed by atoms with Crippen molar-refractivity contribution in [2.24, 2.45) is 0 Å². The van der Waals surface area contributed by atoms with E-state index in [1.165, 1.54) is 0 Å². The highest BCUT2D eigenvalue weighted by Gasteiger charge is 2.24. The van der Waals surface area contributed by atoms with Crippen molar-refractivity contribution in [3.05, 3.63) is 11.8 Å². The molecule has 0 unspecified atom stereocenters. The Morgan fingerprint density at radius 2 is 2.00 bits per heavy atom. The lowest BCUT2D eigenvalue weighted by atomic mass is 9.90.